The number of aromatic nitrogens is 2. The molecule has 2 unspecified atom stereocenters. The molecule has 0 saturated heterocycles. The van der Waals surface area contributed by atoms with E-state index in [0.29, 0.717) is 43.7 Å². The van der Waals surface area contributed by atoms with Gasteiger partial charge in [-0.1, -0.05) is 60.7 Å². The van der Waals surface area contributed by atoms with Crippen LogP contribution < -0.4 is 44.2 Å². The Hall–Kier alpha value is -3.57. The number of aliphatic imine (C=N–C) groups is 1. The van der Waals surface area contributed by atoms with Crippen LogP contribution in [0.15, 0.2) is 78.2 Å². The van der Waals surface area contributed by atoms with Crippen LogP contribution in [0, 0.1) is 0 Å². The zero-order chi connectivity index (χ0) is 49.8. The highest BCUT2D eigenvalue weighted by molar-refractivity contribution is 6.19. The van der Waals surface area contributed by atoms with Crippen molar-refractivity contribution in [3.8, 4) is 0 Å². The van der Waals surface area contributed by atoms with E-state index in [2.05, 4.69) is 36.2 Å². The minimum atomic E-state index is -1.41. The highest BCUT2D eigenvalue weighted by Gasteiger charge is 2.40. The molecule has 3 aromatic rings. The number of nitrogens with one attached hydrogen (secondary N) is 5. The summed E-state index contributed by atoms with van der Waals surface area (Å²) in [6, 6.07) is 10.2. The second-order valence-electron chi connectivity index (χ2n) is 15.8. The summed E-state index contributed by atoms with van der Waals surface area (Å²) in [7, 11) is 1.20. The summed E-state index contributed by atoms with van der Waals surface area (Å²) in [5.74, 6) is -2.98. The first-order valence-corrected chi connectivity index (χ1v) is 24.6. The van der Waals surface area contributed by atoms with Crippen LogP contribution in [0.2, 0.25) is 0 Å². The molecule has 0 aliphatic heterocycles. The summed E-state index contributed by atoms with van der Waals surface area (Å²) in [4.78, 5) is 86.3. The number of carbonyl (C=O) groups excluding carboxylic acids is 5. The molecule has 0 saturated carbocycles. The standard InChI is InChI=1S/C45H67Cl4N13O6.4ClH/c1-68-44(67)35(27-32-28-54-29-56-32)59-43(66)37(39(31-13-6-3-7-14-31)62(25-19-48)26-20-49)60-41(64)33(15-8-9-21-50)57-40(63)34(16-10-22-55-45(52)53)58-42(65)36(51)38(30-11-4-2-5-12-30)61(23-17-46)24-18-47;;;;/h2-7,11-14,28-29,33-39H,8-10,15-27,50-51H2,1H3,(H,54,56)(H,57,63)(H,58,65)(H,59,66)(H,60,64)(H4,52,53,55);4*1H/t33-,34-,35+,36-,37-,38?,39?;;;;/m0..../s1. The van der Waals surface area contributed by atoms with Gasteiger partial charge < -0.3 is 53.9 Å². The maximum atomic E-state index is 14.8. The molecule has 1 heterocycles. The number of aromatic amines is 1. The quantitative estimate of drug-likeness (QED) is 0.0139. The van der Waals surface area contributed by atoms with Crippen LogP contribution in [0.5, 0.6) is 0 Å². The van der Waals surface area contributed by atoms with Gasteiger partial charge in [0.15, 0.2) is 5.96 Å². The second-order valence-corrected chi connectivity index (χ2v) is 17.3. The summed E-state index contributed by atoms with van der Waals surface area (Å²) < 4.78 is 5.06. The van der Waals surface area contributed by atoms with E-state index in [1.165, 1.54) is 19.6 Å². The van der Waals surface area contributed by atoms with Gasteiger partial charge in [0.05, 0.1) is 25.5 Å². The molecule has 4 amide bonds. The predicted molar refractivity (Wildman–Crippen MR) is 296 cm³/mol. The number of carbonyl (C=O) groups is 5. The molecule has 0 aliphatic carbocycles. The van der Waals surface area contributed by atoms with E-state index in [9.17, 15) is 24.0 Å². The molecular formula is C45H71Cl8N13O6. The molecule has 1 aromatic heterocycles. The molecular weight excluding hydrogens is 1100 g/mol. The number of ether oxygens (including phenoxy) is 1. The topological polar surface area (TPSA) is 294 Å². The number of guanidine groups is 1. The number of benzene rings is 2. The molecule has 0 radical (unpaired) electrons. The minimum Gasteiger partial charge on any atom is -0.467 e. The van der Waals surface area contributed by atoms with Crippen molar-refractivity contribution in [3.05, 3.63) is 90.0 Å². The van der Waals surface area contributed by atoms with Crippen LogP contribution in [-0.2, 0) is 35.1 Å². The molecule has 408 valence electrons. The van der Waals surface area contributed by atoms with Gasteiger partial charge in [-0.2, -0.15) is 0 Å². The molecule has 7 atom stereocenters. The van der Waals surface area contributed by atoms with Gasteiger partial charge in [0.25, 0.3) is 0 Å². The smallest absolute Gasteiger partial charge is 0.328 e. The van der Waals surface area contributed by atoms with E-state index in [1.807, 2.05) is 40.1 Å². The molecule has 27 heteroatoms. The normalized spacial score (nSPS) is 13.6. The SMILES string of the molecule is COC(=O)[C@@H](Cc1cnc[nH]1)NC(=O)[C@@H](NC(=O)[C@H](CCCCN)NC(=O)[C@H](CCCN=C(N)N)NC(=O)[C@@H](N)C(c1ccccc1)N(CCCl)CCCl)C(c1ccccc1)N(CCCl)CCCl.Cl.Cl.Cl.Cl. The summed E-state index contributed by atoms with van der Waals surface area (Å²) >= 11 is 25.0. The molecule has 72 heavy (non-hydrogen) atoms. The van der Waals surface area contributed by atoms with Gasteiger partial charge in [0.1, 0.15) is 30.2 Å². The number of hydrogen-bond donors (Lipinski definition) is 9. The minimum absolute atomic E-state index is 0. The second kappa shape index (κ2) is 39.8. The van der Waals surface area contributed by atoms with Gasteiger partial charge in [-0.25, -0.2) is 9.78 Å². The number of nitrogens with two attached hydrogens (primary N) is 4. The number of rotatable bonds is 33. The number of methoxy groups -OCH3 is 1. The number of hydrogen-bond acceptors (Lipinski definition) is 12. The predicted octanol–water partition coefficient (Wildman–Crippen LogP) is 3.30. The number of H-pyrrole nitrogens is 1. The van der Waals surface area contributed by atoms with Crippen LogP contribution in [0.25, 0.3) is 0 Å². The average molecular weight is 1170 g/mol. The van der Waals surface area contributed by atoms with Crippen molar-refractivity contribution in [1.82, 2.24) is 41.0 Å². The zero-order valence-corrected chi connectivity index (χ0v) is 46.3. The molecule has 0 fully saturated rings. The van der Waals surface area contributed by atoms with Crippen molar-refractivity contribution in [1.29, 1.82) is 0 Å². The Morgan fingerprint density at radius 3 is 1.61 bits per heavy atom. The molecule has 0 spiro atoms. The van der Waals surface area contributed by atoms with Gasteiger partial charge in [0.2, 0.25) is 23.6 Å². The Morgan fingerprint density at radius 1 is 0.667 bits per heavy atom. The lowest BCUT2D eigenvalue weighted by Crippen LogP contribution is -2.61. The van der Waals surface area contributed by atoms with E-state index >= 15 is 0 Å². The van der Waals surface area contributed by atoms with Gasteiger partial charge in [-0.05, 0) is 49.8 Å². The molecule has 0 aliphatic rings. The first-order valence-electron chi connectivity index (χ1n) is 22.4. The van der Waals surface area contributed by atoms with E-state index in [0.717, 1.165) is 5.56 Å². The summed E-state index contributed by atoms with van der Waals surface area (Å²) in [6.07, 6.45) is 4.21. The van der Waals surface area contributed by atoms with Crippen molar-refractivity contribution in [2.45, 2.75) is 80.8 Å². The summed E-state index contributed by atoms with van der Waals surface area (Å²) in [5.41, 5.74) is 25.7. The van der Waals surface area contributed by atoms with E-state index in [-0.39, 0.29) is 124 Å². The van der Waals surface area contributed by atoms with Gasteiger partial charge >= 0.3 is 5.97 Å². The third-order valence-corrected chi connectivity index (χ3v) is 11.7. The van der Waals surface area contributed by atoms with Crippen molar-refractivity contribution in [2.24, 2.45) is 27.9 Å². The largest absolute Gasteiger partial charge is 0.467 e. The fourth-order valence-corrected chi connectivity index (χ4v) is 8.62. The molecule has 2 aromatic carbocycles. The van der Waals surface area contributed by atoms with Gasteiger partial charge in [-0.15, -0.1) is 96.0 Å². The zero-order valence-electron chi connectivity index (χ0n) is 40.0. The highest BCUT2D eigenvalue weighted by Crippen LogP contribution is 2.27. The van der Waals surface area contributed by atoms with Crippen LogP contribution in [0.4, 0.5) is 0 Å². The third-order valence-electron chi connectivity index (χ3n) is 11.0. The van der Waals surface area contributed by atoms with Gasteiger partial charge in [0, 0.05) is 74.6 Å². The third kappa shape index (κ3) is 23.7. The fraction of sp³-hybridized carbons (Fsp3) is 0.533. The van der Waals surface area contributed by atoms with Crippen LogP contribution in [0.1, 0.15) is 61.0 Å². The molecule has 3 rings (SSSR count). The van der Waals surface area contributed by atoms with Crippen LogP contribution in [-0.4, -0.2) is 155 Å². The number of amides is 4. The number of halogens is 8. The average Bonchev–Trinajstić information content (AvgIpc) is 3.85. The maximum Gasteiger partial charge on any atom is 0.328 e. The Morgan fingerprint density at radius 2 is 1.14 bits per heavy atom. The maximum absolute atomic E-state index is 14.8. The Labute approximate surface area is 467 Å². The molecule has 0 bridgehead atoms. The molecule has 13 N–H and O–H groups in total. The van der Waals surface area contributed by atoms with E-state index in [1.54, 1.807) is 30.3 Å². The van der Waals surface area contributed by atoms with Crippen molar-refractivity contribution in [3.63, 3.8) is 0 Å². The van der Waals surface area contributed by atoms with Crippen molar-refractivity contribution < 1.29 is 28.7 Å². The first-order chi connectivity index (χ1) is 32.8. The van der Waals surface area contributed by atoms with Crippen LogP contribution >= 0.6 is 96.0 Å². The summed E-state index contributed by atoms with van der Waals surface area (Å²) in [6.45, 7) is 1.67. The number of imidazole rings is 1. The van der Waals surface area contributed by atoms with E-state index < -0.39 is 71.9 Å². The summed E-state index contributed by atoms with van der Waals surface area (Å²) in [5, 5.41) is 11.4. The number of nitrogens with zero attached hydrogens (tertiary/aromatic N) is 4. The number of esters is 1. The first kappa shape index (κ1) is 70.5. The van der Waals surface area contributed by atoms with Gasteiger partial charge in [-0.3, -0.25) is 34.0 Å². The van der Waals surface area contributed by atoms with E-state index in [4.69, 9.17) is 74.1 Å². The Bertz CT molecular complexity index is 1970. The Kier molecular flexibility index (Phi) is 39.0. The lowest BCUT2D eigenvalue weighted by atomic mass is 9.95. The fourth-order valence-electron chi connectivity index (χ4n) is 7.75. The van der Waals surface area contributed by atoms with Crippen molar-refractivity contribution >= 4 is 132 Å². The van der Waals surface area contributed by atoms with Crippen LogP contribution in [0.3, 0.4) is 0 Å². The van der Waals surface area contributed by atoms with Crippen molar-refractivity contribution in [2.75, 3.05) is 69.9 Å². The Balaban J connectivity index is 0. The monoisotopic (exact) mass is 1170 g/mol. The number of alkyl halides is 4. The highest BCUT2D eigenvalue weighted by atomic mass is 35.5. The lowest BCUT2D eigenvalue weighted by molar-refractivity contribution is -0.145. The molecule has 19 nitrogen and oxygen atoms in total. The number of unbranched alkanes of at least 4 members (excludes halogenated alkanes) is 1. The lowest BCUT2D eigenvalue weighted by Gasteiger charge is -2.37.